The molecule has 0 aliphatic heterocycles. The van der Waals surface area contributed by atoms with E-state index in [1.54, 1.807) is 42.6 Å². The summed E-state index contributed by atoms with van der Waals surface area (Å²) in [7, 11) is -2.64. The van der Waals surface area contributed by atoms with Crippen LogP contribution < -0.4 is 14.5 Å². The van der Waals surface area contributed by atoms with E-state index in [9.17, 15) is 13.2 Å². The minimum atomic E-state index is -4.09. The van der Waals surface area contributed by atoms with Crippen molar-refractivity contribution in [3.05, 3.63) is 114 Å². The van der Waals surface area contributed by atoms with Gasteiger partial charge in [-0.15, -0.1) is 0 Å². The molecule has 0 unspecified atom stereocenters. The number of anilines is 1. The van der Waals surface area contributed by atoms with Gasteiger partial charge in [-0.05, 0) is 58.8 Å². The lowest BCUT2D eigenvalue weighted by Crippen LogP contribution is -2.39. The second-order valence-electron chi connectivity index (χ2n) is 9.02. The van der Waals surface area contributed by atoms with Crippen LogP contribution in [-0.4, -0.2) is 34.2 Å². The quantitative estimate of drug-likeness (QED) is 0.157. The van der Waals surface area contributed by atoms with Crippen LogP contribution in [0.25, 0.3) is 21.5 Å². The van der Waals surface area contributed by atoms with Gasteiger partial charge in [0.1, 0.15) is 12.3 Å². The van der Waals surface area contributed by atoms with Crippen LogP contribution in [0.3, 0.4) is 0 Å². The molecule has 0 aliphatic rings. The third kappa shape index (κ3) is 5.32. The summed E-state index contributed by atoms with van der Waals surface area (Å²) in [6.45, 7) is 1.38. The largest absolute Gasteiger partial charge is 0.495 e. The number of carbonyl (C=O) groups excluding carboxylic acids is 1. The zero-order valence-corrected chi connectivity index (χ0v) is 22.4. The number of amides is 1. The lowest BCUT2D eigenvalue weighted by atomic mass is 9.97. The van der Waals surface area contributed by atoms with Crippen LogP contribution in [0, 0.1) is 6.92 Å². The molecular weight excluding hydrogens is 510 g/mol. The van der Waals surface area contributed by atoms with Crippen LogP contribution in [0.5, 0.6) is 5.75 Å². The second kappa shape index (κ2) is 11.0. The third-order valence-electron chi connectivity index (χ3n) is 6.45. The van der Waals surface area contributed by atoms with Gasteiger partial charge in [0.25, 0.3) is 15.9 Å². The van der Waals surface area contributed by atoms with Gasteiger partial charge in [-0.1, -0.05) is 78.4 Å². The lowest BCUT2D eigenvalue weighted by molar-refractivity contribution is -0.119. The number of rotatable bonds is 8. The van der Waals surface area contributed by atoms with Crippen molar-refractivity contribution >= 4 is 49.4 Å². The summed E-state index contributed by atoms with van der Waals surface area (Å²) in [6, 6.07) is 31.2. The highest BCUT2D eigenvalue weighted by Gasteiger charge is 2.29. The van der Waals surface area contributed by atoms with Crippen molar-refractivity contribution in [3.8, 4) is 5.75 Å². The summed E-state index contributed by atoms with van der Waals surface area (Å²) in [5.74, 6) is -0.274. The molecule has 0 saturated carbocycles. The van der Waals surface area contributed by atoms with Crippen molar-refractivity contribution in [2.75, 3.05) is 18.0 Å². The molecule has 0 atom stereocenters. The molecule has 0 fully saturated rings. The van der Waals surface area contributed by atoms with Crippen molar-refractivity contribution in [1.29, 1.82) is 0 Å². The van der Waals surface area contributed by atoms with E-state index in [0.29, 0.717) is 5.75 Å². The molecule has 5 aromatic carbocycles. The van der Waals surface area contributed by atoms with E-state index in [1.807, 2.05) is 55.5 Å². The molecule has 1 amide bonds. The van der Waals surface area contributed by atoms with Gasteiger partial charge >= 0.3 is 0 Å². The van der Waals surface area contributed by atoms with E-state index < -0.39 is 22.5 Å². The fourth-order valence-electron chi connectivity index (χ4n) is 4.50. The first-order valence-corrected chi connectivity index (χ1v) is 13.8. The molecule has 5 rings (SSSR count). The van der Waals surface area contributed by atoms with Gasteiger partial charge in [0.15, 0.2) is 0 Å². The monoisotopic (exact) mass is 537 g/mol. The average molecular weight is 538 g/mol. The highest BCUT2D eigenvalue weighted by molar-refractivity contribution is 7.92. The number of hydrazone groups is 1. The van der Waals surface area contributed by atoms with Crippen LogP contribution in [0.1, 0.15) is 11.1 Å². The Hall–Kier alpha value is -4.69. The number of para-hydroxylation sites is 2. The van der Waals surface area contributed by atoms with Crippen LogP contribution in [0.4, 0.5) is 5.69 Å². The first-order valence-electron chi connectivity index (χ1n) is 12.3. The van der Waals surface area contributed by atoms with Crippen molar-refractivity contribution in [1.82, 2.24) is 5.43 Å². The van der Waals surface area contributed by atoms with Gasteiger partial charge in [-0.3, -0.25) is 9.10 Å². The molecule has 0 saturated heterocycles. The molecule has 1 N–H and O–H groups in total. The predicted molar refractivity (Wildman–Crippen MR) is 156 cm³/mol. The van der Waals surface area contributed by atoms with E-state index >= 15 is 0 Å². The number of ether oxygens (including phenoxy) is 1. The molecule has 0 radical (unpaired) electrons. The summed E-state index contributed by atoms with van der Waals surface area (Å²) in [5.41, 5.74) is 4.55. The number of aryl methyl sites for hydroxylation is 1. The number of fused-ring (bicyclic) bond motifs is 2. The standard InChI is InChI=1S/C31H27N3O4S/c1-22-15-17-25(18-16-22)39(36,37)34(29-13-7-8-14-30(29)38-2)21-31(35)33-32-20-28-26-11-5-3-9-23(26)19-24-10-4-6-12-27(24)28/h3-20H,21H2,1-2H3,(H,33,35)/b32-20+. The van der Waals surface area contributed by atoms with Gasteiger partial charge < -0.3 is 4.74 Å². The van der Waals surface area contributed by atoms with E-state index in [1.165, 1.54) is 19.2 Å². The molecule has 5 aromatic rings. The number of sulfonamides is 1. The topological polar surface area (TPSA) is 88.1 Å². The van der Waals surface area contributed by atoms with E-state index in [-0.39, 0.29) is 10.6 Å². The number of carbonyl (C=O) groups is 1. The molecular formula is C31H27N3O4S. The number of methoxy groups -OCH3 is 1. The van der Waals surface area contributed by atoms with E-state index in [0.717, 1.165) is 37.0 Å². The molecule has 0 heterocycles. The first-order chi connectivity index (χ1) is 18.9. The van der Waals surface area contributed by atoms with Crippen molar-refractivity contribution in [2.24, 2.45) is 5.10 Å². The zero-order chi connectivity index (χ0) is 27.4. The van der Waals surface area contributed by atoms with Gasteiger partial charge in [0.2, 0.25) is 0 Å². The minimum absolute atomic E-state index is 0.0672. The van der Waals surface area contributed by atoms with Crippen LogP contribution in [0.15, 0.2) is 113 Å². The minimum Gasteiger partial charge on any atom is -0.495 e. The molecule has 0 aromatic heterocycles. The summed E-state index contributed by atoms with van der Waals surface area (Å²) in [5, 5.41) is 8.31. The van der Waals surface area contributed by atoms with E-state index in [4.69, 9.17) is 4.74 Å². The van der Waals surface area contributed by atoms with E-state index in [2.05, 4.69) is 16.6 Å². The zero-order valence-electron chi connectivity index (χ0n) is 21.5. The van der Waals surface area contributed by atoms with Crippen LogP contribution in [-0.2, 0) is 14.8 Å². The summed E-state index contributed by atoms with van der Waals surface area (Å²) < 4.78 is 33.8. The van der Waals surface area contributed by atoms with Crippen molar-refractivity contribution in [2.45, 2.75) is 11.8 Å². The molecule has 0 aliphatic carbocycles. The maximum Gasteiger partial charge on any atom is 0.264 e. The Morgan fingerprint density at radius 3 is 2.10 bits per heavy atom. The smallest absolute Gasteiger partial charge is 0.264 e. The van der Waals surface area contributed by atoms with Crippen molar-refractivity contribution in [3.63, 3.8) is 0 Å². The Morgan fingerprint density at radius 2 is 1.46 bits per heavy atom. The average Bonchev–Trinajstić information content (AvgIpc) is 2.95. The van der Waals surface area contributed by atoms with Crippen LogP contribution in [0.2, 0.25) is 0 Å². The Morgan fingerprint density at radius 1 is 0.872 bits per heavy atom. The molecule has 0 spiro atoms. The maximum atomic E-state index is 13.7. The Bertz CT molecular complexity index is 1740. The fourth-order valence-corrected chi connectivity index (χ4v) is 5.93. The Labute approximate surface area is 227 Å². The molecule has 8 heteroatoms. The second-order valence-corrected chi connectivity index (χ2v) is 10.9. The molecule has 196 valence electrons. The summed E-state index contributed by atoms with van der Waals surface area (Å²) in [6.07, 6.45) is 1.60. The number of benzene rings is 5. The van der Waals surface area contributed by atoms with Gasteiger partial charge in [-0.2, -0.15) is 5.10 Å². The fraction of sp³-hybridized carbons (Fsp3) is 0.0968. The summed E-state index contributed by atoms with van der Waals surface area (Å²) >= 11 is 0. The van der Waals surface area contributed by atoms with Crippen LogP contribution >= 0.6 is 0 Å². The molecule has 0 bridgehead atoms. The third-order valence-corrected chi connectivity index (χ3v) is 8.22. The number of hydrogen-bond acceptors (Lipinski definition) is 5. The maximum absolute atomic E-state index is 13.7. The Kier molecular flexibility index (Phi) is 7.29. The summed E-state index contributed by atoms with van der Waals surface area (Å²) in [4.78, 5) is 13.2. The van der Waals surface area contributed by atoms with Gasteiger partial charge in [0.05, 0.1) is 23.9 Å². The molecule has 7 nitrogen and oxygen atoms in total. The normalized spacial score (nSPS) is 11.6. The van der Waals surface area contributed by atoms with Gasteiger partial charge in [-0.25, -0.2) is 13.8 Å². The Balaban J connectivity index is 1.46. The number of nitrogens with zero attached hydrogens (tertiary/aromatic N) is 2. The van der Waals surface area contributed by atoms with Crippen molar-refractivity contribution < 1.29 is 17.9 Å². The molecule has 39 heavy (non-hydrogen) atoms. The van der Waals surface area contributed by atoms with Gasteiger partial charge in [0, 0.05) is 5.56 Å². The first kappa shape index (κ1) is 25.9. The number of hydrogen-bond donors (Lipinski definition) is 1. The highest BCUT2D eigenvalue weighted by Crippen LogP contribution is 2.32. The SMILES string of the molecule is COc1ccccc1N(CC(=O)N/N=C/c1c2ccccc2cc2ccccc12)S(=O)(=O)c1ccc(C)cc1. The lowest BCUT2D eigenvalue weighted by Gasteiger charge is -2.25. The number of nitrogens with one attached hydrogen (secondary N) is 1. The highest BCUT2D eigenvalue weighted by atomic mass is 32.2. The predicted octanol–water partition coefficient (Wildman–Crippen LogP) is 5.66.